The van der Waals surface area contributed by atoms with E-state index in [-0.39, 0.29) is 35.8 Å². The van der Waals surface area contributed by atoms with Crippen molar-refractivity contribution in [2.24, 2.45) is 0 Å². The molecule has 0 unspecified atom stereocenters. The Kier molecular flexibility index (Phi) is 7.61. The molecule has 1 saturated heterocycles. The fourth-order valence-electron chi connectivity index (χ4n) is 3.33. The second-order valence-corrected chi connectivity index (χ2v) is 6.88. The summed E-state index contributed by atoms with van der Waals surface area (Å²) in [6.45, 7) is 6.23. The molecule has 1 aliphatic rings. The highest BCUT2D eigenvalue weighted by Gasteiger charge is 2.22. The predicted molar refractivity (Wildman–Crippen MR) is 118 cm³/mol. The molecule has 0 bridgehead atoms. The fraction of sp³-hybridized carbons (Fsp3) is 0.364. The van der Waals surface area contributed by atoms with Crippen molar-refractivity contribution >= 4 is 28.9 Å². The van der Waals surface area contributed by atoms with E-state index in [1.165, 1.54) is 18.2 Å². The number of nitro benzene ring substituents is 1. The first kappa shape index (κ1) is 23.0. The molecular weight excluding hydrogens is 418 g/mol. The van der Waals surface area contributed by atoms with Crippen molar-refractivity contribution in [2.45, 2.75) is 13.8 Å². The van der Waals surface area contributed by atoms with Crippen LogP contribution in [0.1, 0.15) is 34.6 Å². The van der Waals surface area contributed by atoms with Crippen LogP contribution in [-0.2, 0) is 9.47 Å². The van der Waals surface area contributed by atoms with E-state index in [2.05, 4.69) is 5.32 Å². The summed E-state index contributed by atoms with van der Waals surface area (Å²) in [5.74, 6) is -0.965. The molecule has 1 amide bonds. The molecule has 1 heterocycles. The number of morpholine rings is 1. The minimum Gasteiger partial charge on any atom is -0.487 e. The first-order valence-corrected chi connectivity index (χ1v) is 10.3. The molecule has 2 aromatic carbocycles. The van der Waals surface area contributed by atoms with E-state index < -0.39 is 16.8 Å². The van der Waals surface area contributed by atoms with Crippen LogP contribution in [0.4, 0.5) is 17.1 Å². The van der Waals surface area contributed by atoms with E-state index in [9.17, 15) is 19.7 Å². The molecule has 1 N–H and O–H groups in total. The monoisotopic (exact) mass is 443 g/mol. The van der Waals surface area contributed by atoms with E-state index in [4.69, 9.17) is 14.2 Å². The molecule has 0 saturated carbocycles. The lowest BCUT2D eigenvalue weighted by Crippen LogP contribution is -2.36. The molecule has 170 valence electrons. The summed E-state index contributed by atoms with van der Waals surface area (Å²) in [6, 6.07) is 8.95. The van der Waals surface area contributed by atoms with Crippen molar-refractivity contribution in [3.8, 4) is 5.75 Å². The topological polar surface area (TPSA) is 120 Å². The van der Waals surface area contributed by atoms with Gasteiger partial charge in [-0.05, 0) is 44.2 Å². The van der Waals surface area contributed by atoms with E-state index in [1.807, 2.05) is 4.90 Å². The average Bonchev–Trinajstić information content (AvgIpc) is 2.80. The molecule has 32 heavy (non-hydrogen) atoms. The molecule has 0 aliphatic carbocycles. The number of anilines is 2. The van der Waals surface area contributed by atoms with Gasteiger partial charge in [-0.15, -0.1) is 0 Å². The molecule has 0 aromatic heterocycles. The number of carbonyl (C=O) groups is 2. The summed E-state index contributed by atoms with van der Waals surface area (Å²) in [7, 11) is 0. The zero-order valence-corrected chi connectivity index (χ0v) is 18.0. The maximum Gasteiger partial charge on any atom is 0.338 e. The Balaban J connectivity index is 1.93. The van der Waals surface area contributed by atoms with Crippen LogP contribution in [0.3, 0.4) is 0 Å². The molecule has 0 radical (unpaired) electrons. The number of esters is 1. The Bertz CT molecular complexity index is 1000. The molecule has 3 rings (SSSR count). The molecule has 0 atom stereocenters. The standard InChI is InChI=1S/C22H25N3O7/c1-3-31-20-8-6-15(14-19(20)25(28)29)21(26)23-17-13-16(22(27)32-4-2)5-7-18(17)24-9-11-30-12-10-24/h5-8,13-14H,3-4,9-12H2,1-2H3,(H,23,26). The quantitative estimate of drug-likeness (QED) is 0.375. The predicted octanol–water partition coefficient (Wildman–Crippen LogP) is 3.26. The number of rotatable bonds is 8. The van der Waals surface area contributed by atoms with Crippen molar-refractivity contribution in [1.29, 1.82) is 0 Å². The number of benzene rings is 2. The van der Waals surface area contributed by atoms with Gasteiger partial charge in [0.2, 0.25) is 0 Å². The van der Waals surface area contributed by atoms with Crippen molar-refractivity contribution in [1.82, 2.24) is 0 Å². The minimum atomic E-state index is -0.595. The van der Waals surface area contributed by atoms with E-state index in [0.29, 0.717) is 32.0 Å². The van der Waals surface area contributed by atoms with Crippen LogP contribution >= 0.6 is 0 Å². The lowest BCUT2D eigenvalue weighted by molar-refractivity contribution is -0.385. The highest BCUT2D eigenvalue weighted by atomic mass is 16.6. The van der Waals surface area contributed by atoms with Gasteiger partial charge in [0, 0.05) is 24.7 Å². The van der Waals surface area contributed by atoms with Gasteiger partial charge in [-0.1, -0.05) is 0 Å². The van der Waals surface area contributed by atoms with Crippen LogP contribution in [0.25, 0.3) is 0 Å². The van der Waals surface area contributed by atoms with E-state index >= 15 is 0 Å². The number of nitrogens with one attached hydrogen (secondary N) is 1. The molecule has 1 fully saturated rings. The number of amides is 1. The number of nitro groups is 1. The largest absolute Gasteiger partial charge is 0.487 e. The number of ether oxygens (including phenoxy) is 3. The van der Waals surface area contributed by atoms with Crippen LogP contribution in [0.15, 0.2) is 36.4 Å². The Morgan fingerprint density at radius 3 is 2.47 bits per heavy atom. The van der Waals surface area contributed by atoms with Gasteiger partial charge in [0.05, 0.1) is 48.3 Å². The van der Waals surface area contributed by atoms with Gasteiger partial charge in [0.15, 0.2) is 5.75 Å². The van der Waals surface area contributed by atoms with Crippen LogP contribution in [0, 0.1) is 10.1 Å². The Labute approximate surface area is 185 Å². The Morgan fingerprint density at radius 1 is 1.09 bits per heavy atom. The van der Waals surface area contributed by atoms with Crippen molar-refractivity contribution < 1.29 is 28.7 Å². The van der Waals surface area contributed by atoms with Gasteiger partial charge < -0.3 is 24.4 Å². The molecule has 1 aliphatic heterocycles. The van der Waals surface area contributed by atoms with Gasteiger partial charge in [-0.25, -0.2) is 4.79 Å². The third-order valence-corrected chi connectivity index (χ3v) is 4.83. The highest BCUT2D eigenvalue weighted by Crippen LogP contribution is 2.31. The lowest BCUT2D eigenvalue weighted by atomic mass is 10.1. The third kappa shape index (κ3) is 5.33. The van der Waals surface area contributed by atoms with Crippen LogP contribution in [-0.4, -0.2) is 56.3 Å². The molecular formula is C22H25N3O7. The summed E-state index contributed by atoms with van der Waals surface area (Å²) in [4.78, 5) is 38.0. The SMILES string of the molecule is CCOC(=O)c1ccc(N2CCOCC2)c(NC(=O)c2ccc(OCC)c([N+](=O)[O-])c2)c1. The van der Waals surface area contributed by atoms with Crippen LogP contribution in [0.5, 0.6) is 5.75 Å². The molecule has 10 nitrogen and oxygen atoms in total. The first-order valence-electron chi connectivity index (χ1n) is 10.3. The number of nitrogens with zero attached hydrogens (tertiary/aromatic N) is 2. The number of hydrogen-bond donors (Lipinski definition) is 1. The maximum atomic E-state index is 13.0. The molecule has 10 heteroatoms. The smallest absolute Gasteiger partial charge is 0.338 e. The normalized spacial score (nSPS) is 13.4. The van der Waals surface area contributed by atoms with Gasteiger partial charge in [0.1, 0.15) is 0 Å². The third-order valence-electron chi connectivity index (χ3n) is 4.83. The number of carbonyl (C=O) groups excluding carboxylic acids is 2. The summed E-state index contributed by atoms with van der Waals surface area (Å²) >= 11 is 0. The fourth-order valence-corrected chi connectivity index (χ4v) is 3.33. The van der Waals surface area contributed by atoms with Gasteiger partial charge in [0.25, 0.3) is 5.91 Å². The Hall–Kier alpha value is -3.66. The Morgan fingerprint density at radius 2 is 1.81 bits per heavy atom. The second-order valence-electron chi connectivity index (χ2n) is 6.88. The number of hydrogen-bond acceptors (Lipinski definition) is 8. The van der Waals surface area contributed by atoms with Crippen molar-refractivity contribution in [3.05, 3.63) is 57.6 Å². The zero-order chi connectivity index (χ0) is 23.1. The minimum absolute atomic E-state index is 0.0902. The average molecular weight is 443 g/mol. The van der Waals surface area contributed by atoms with Crippen LogP contribution < -0.4 is 15.0 Å². The summed E-state index contributed by atoms with van der Waals surface area (Å²) in [5.41, 5.74) is 1.20. The summed E-state index contributed by atoms with van der Waals surface area (Å²) in [5, 5.41) is 14.2. The van der Waals surface area contributed by atoms with E-state index in [1.54, 1.807) is 32.0 Å². The molecule has 0 spiro atoms. The van der Waals surface area contributed by atoms with Gasteiger partial charge in [-0.2, -0.15) is 0 Å². The van der Waals surface area contributed by atoms with Gasteiger partial charge in [-0.3, -0.25) is 14.9 Å². The van der Waals surface area contributed by atoms with Crippen molar-refractivity contribution in [2.75, 3.05) is 49.7 Å². The summed E-state index contributed by atoms with van der Waals surface area (Å²) in [6.07, 6.45) is 0. The zero-order valence-electron chi connectivity index (χ0n) is 18.0. The van der Waals surface area contributed by atoms with Crippen molar-refractivity contribution in [3.63, 3.8) is 0 Å². The second kappa shape index (κ2) is 10.6. The van der Waals surface area contributed by atoms with E-state index in [0.717, 1.165) is 5.69 Å². The first-order chi connectivity index (χ1) is 15.4. The van der Waals surface area contributed by atoms with Crippen LogP contribution in [0.2, 0.25) is 0 Å². The lowest BCUT2D eigenvalue weighted by Gasteiger charge is -2.30. The van der Waals surface area contributed by atoms with Gasteiger partial charge >= 0.3 is 11.7 Å². The molecule has 2 aromatic rings. The highest BCUT2D eigenvalue weighted by molar-refractivity contribution is 6.07. The maximum absolute atomic E-state index is 13.0. The summed E-state index contributed by atoms with van der Waals surface area (Å²) < 4.78 is 15.7.